The zero-order valence-corrected chi connectivity index (χ0v) is 18.9. The number of ether oxygens (including phenoxy) is 1. The smallest absolute Gasteiger partial charge is 0.410 e. The Labute approximate surface area is 184 Å². The van der Waals surface area contributed by atoms with Gasteiger partial charge in [-0.1, -0.05) is 48.5 Å². The van der Waals surface area contributed by atoms with Crippen molar-refractivity contribution in [1.29, 1.82) is 0 Å². The summed E-state index contributed by atoms with van der Waals surface area (Å²) < 4.78 is 5.90. The third-order valence-corrected chi connectivity index (χ3v) is 5.40. The summed E-state index contributed by atoms with van der Waals surface area (Å²) >= 11 is 0. The van der Waals surface area contributed by atoms with Crippen molar-refractivity contribution in [2.45, 2.75) is 57.7 Å². The highest BCUT2D eigenvalue weighted by Gasteiger charge is 2.31. The minimum absolute atomic E-state index is 0.140. The Hall–Kier alpha value is -2.86. The molecule has 0 heterocycles. The Bertz CT molecular complexity index is 890. The molecule has 0 spiro atoms. The molecule has 3 rings (SSSR count). The van der Waals surface area contributed by atoms with Gasteiger partial charge in [0.15, 0.2) is 6.10 Å². The van der Waals surface area contributed by atoms with Crippen LogP contribution in [0.2, 0.25) is 0 Å². The number of carbonyl (C=O) groups is 2. The lowest BCUT2D eigenvalue weighted by atomic mass is 10.1. The van der Waals surface area contributed by atoms with E-state index >= 15 is 0 Å². The molecule has 1 aliphatic rings. The van der Waals surface area contributed by atoms with Gasteiger partial charge in [-0.15, -0.1) is 0 Å². The highest BCUT2D eigenvalue weighted by Crippen LogP contribution is 2.45. The largest absolute Gasteiger partial charge is 0.436 e. The van der Waals surface area contributed by atoms with Gasteiger partial charge < -0.3 is 20.7 Å². The fourth-order valence-corrected chi connectivity index (χ4v) is 3.83. The summed E-state index contributed by atoms with van der Waals surface area (Å²) in [5.74, 6) is -0.140. The number of fused-ring (bicyclic) bond motifs is 3. The summed E-state index contributed by atoms with van der Waals surface area (Å²) in [6.07, 6.45) is 1.34. The Kier molecular flexibility index (Phi) is 7.01. The zero-order valence-electron chi connectivity index (χ0n) is 18.9. The number of unbranched alkanes of at least 4 members (excludes halogenated alkanes) is 1. The highest BCUT2D eigenvalue weighted by atomic mass is 16.6. The van der Waals surface area contributed by atoms with Gasteiger partial charge in [0.1, 0.15) is 0 Å². The van der Waals surface area contributed by atoms with Crippen molar-refractivity contribution in [3.05, 3.63) is 59.7 Å². The van der Waals surface area contributed by atoms with Crippen molar-refractivity contribution in [2.75, 3.05) is 13.6 Å². The zero-order chi connectivity index (χ0) is 22.6. The van der Waals surface area contributed by atoms with Crippen molar-refractivity contribution >= 4 is 12.0 Å². The minimum atomic E-state index is -0.539. The van der Waals surface area contributed by atoms with Gasteiger partial charge in [0, 0.05) is 30.3 Å². The predicted molar refractivity (Wildman–Crippen MR) is 123 cm³/mol. The molecule has 1 aliphatic carbocycles. The number of hydrogen-bond donors (Lipinski definition) is 2. The van der Waals surface area contributed by atoms with Gasteiger partial charge in [-0.25, -0.2) is 4.79 Å². The Morgan fingerprint density at radius 2 is 1.58 bits per heavy atom. The normalized spacial score (nSPS) is 13.8. The highest BCUT2D eigenvalue weighted by molar-refractivity contribution is 5.82. The van der Waals surface area contributed by atoms with Gasteiger partial charge in [0.25, 0.3) is 0 Å². The average Bonchev–Trinajstić information content (AvgIpc) is 3.03. The number of carbonyl (C=O) groups excluding carboxylic acids is 2. The van der Waals surface area contributed by atoms with Gasteiger partial charge in [0.2, 0.25) is 5.91 Å². The van der Waals surface area contributed by atoms with Crippen molar-refractivity contribution < 1.29 is 14.3 Å². The van der Waals surface area contributed by atoms with Crippen LogP contribution in [0.1, 0.15) is 57.3 Å². The lowest BCUT2D eigenvalue weighted by molar-refractivity contribution is -0.123. The van der Waals surface area contributed by atoms with Crippen LogP contribution in [0, 0.1) is 0 Å². The third kappa shape index (κ3) is 5.64. The Morgan fingerprint density at radius 3 is 2.13 bits per heavy atom. The lowest BCUT2D eigenvalue weighted by Gasteiger charge is -2.23. The summed E-state index contributed by atoms with van der Waals surface area (Å²) in [4.78, 5) is 26.4. The second-order valence-corrected chi connectivity index (χ2v) is 9.20. The van der Waals surface area contributed by atoms with Crippen LogP contribution < -0.4 is 11.1 Å². The first-order valence-corrected chi connectivity index (χ1v) is 10.8. The number of benzene rings is 2. The van der Waals surface area contributed by atoms with Gasteiger partial charge in [0.05, 0.1) is 6.04 Å². The van der Waals surface area contributed by atoms with E-state index in [4.69, 9.17) is 10.5 Å². The second kappa shape index (κ2) is 9.52. The molecule has 0 unspecified atom stereocenters. The molecule has 2 aromatic carbocycles. The topological polar surface area (TPSA) is 84.7 Å². The van der Waals surface area contributed by atoms with Crippen LogP contribution in [-0.2, 0) is 9.53 Å². The fourth-order valence-electron chi connectivity index (χ4n) is 3.83. The third-order valence-electron chi connectivity index (χ3n) is 5.40. The van der Waals surface area contributed by atoms with Crippen LogP contribution in [0.3, 0.4) is 0 Å². The molecule has 6 nitrogen and oxygen atoms in total. The summed E-state index contributed by atoms with van der Waals surface area (Å²) in [5.41, 5.74) is 9.94. The second-order valence-electron chi connectivity index (χ2n) is 9.20. The van der Waals surface area contributed by atoms with Crippen LogP contribution in [0.5, 0.6) is 0 Å². The average molecular weight is 424 g/mol. The minimum Gasteiger partial charge on any atom is -0.436 e. The number of nitrogens with one attached hydrogen (secondary N) is 1. The van der Waals surface area contributed by atoms with Crippen LogP contribution in [-0.4, -0.2) is 42.1 Å². The quantitative estimate of drug-likeness (QED) is 0.653. The summed E-state index contributed by atoms with van der Waals surface area (Å²) in [6, 6.07) is 15.5. The maximum Gasteiger partial charge on any atom is 0.410 e. The maximum atomic E-state index is 12.7. The predicted octanol–water partition coefficient (Wildman–Crippen LogP) is 4.24. The molecular formula is C25H33N3O3. The number of hydrogen-bond acceptors (Lipinski definition) is 4. The van der Waals surface area contributed by atoms with Crippen LogP contribution in [0.4, 0.5) is 4.79 Å². The molecule has 0 saturated heterocycles. The van der Waals surface area contributed by atoms with Crippen LogP contribution >= 0.6 is 0 Å². The van der Waals surface area contributed by atoms with E-state index in [0.717, 1.165) is 35.1 Å². The first-order chi connectivity index (χ1) is 14.7. The molecule has 0 radical (unpaired) electrons. The van der Waals surface area contributed by atoms with Crippen molar-refractivity contribution in [2.24, 2.45) is 5.73 Å². The van der Waals surface area contributed by atoms with Gasteiger partial charge in [-0.3, -0.25) is 4.79 Å². The van der Waals surface area contributed by atoms with E-state index in [1.165, 1.54) is 0 Å². The number of amides is 2. The molecule has 0 aromatic heterocycles. The molecule has 1 atom stereocenters. The molecule has 2 aromatic rings. The SMILES string of the molecule is CN(CCCC[C@H](N)C(=O)NC(C)(C)C)C(=O)OC1c2ccccc2-c2ccccc21. The summed E-state index contributed by atoms with van der Waals surface area (Å²) in [6.45, 7) is 6.33. The van der Waals surface area contributed by atoms with Crippen LogP contribution in [0.25, 0.3) is 11.1 Å². The van der Waals surface area contributed by atoms with E-state index in [1.807, 2.05) is 57.2 Å². The number of rotatable bonds is 7. The van der Waals surface area contributed by atoms with E-state index in [0.29, 0.717) is 13.0 Å². The molecule has 0 aliphatic heterocycles. The maximum absolute atomic E-state index is 12.7. The summed E-state index contributed by atoms with van der Waals surface area (Å²) in [5, 5.41) is 2.89. The first-order valence-electron chi connectivity index (χ1n) is 10.8. The molecule has 3 N–H and O–H groups in total. The van der Waals surface area contributed by atoms with Gasteiger partial charge in [-0.05, 0) is 51.2 Å². The lowest BCUT2D eigenvalue weighted by Crippen LogP contribution is -2.48. The number of nitrogens with zero attached hydrogens (tertiary/aromatic N) is 1. The van der Waals surface area contributed by atoms with E-state index < -0.39 is 12.1 Å². The van der Waals surface area contributed by atoms with Crippen LogP contribution in [0.15, 0.2) is 48.5 Å². The van der Waals surface area contributed by atoms with Crippen molar-refractivity contribution in [3.63, 3.8) is 0 Å². The molecular weight excluding hydrogens is 390 g/mol. The van der Waals surface area contributed by atoms with E-state index in [-0.39, 0.29) is 17.5 Å². The molecule has 166 valence electrons. The summed E-state index contributed by atoms with van der Waals surface area (Å²) in [7, 11) is 1.74. The Morgan fingerprint density at radius 1 is 1.03 bits per heavy atom. The van der Waals surface area contributed by atoms with E-state index in [9.17, 15) is 9.59 Å². The van der Waals surface area contributed by atoms with E-state index in [2.05, 4.69) is 17.4 Å². The van der Waals surface area contributed by atoms with Crippen molar-refractivity contribution in [3.8, 4) is 11.1 Å². The van der Waals surface area contributed by atoms with Crippen molar-refractivity contribution in [1.82, 2.24) is 10.2 Å². The van der Waals surface area contributed by atoms with Gasteiger partial charge in [-0.2, -0.15) is 0 Å². The van der Waals surface area contributed by atoms with E-state index in [1.54, 1.807) is 11.9 Å². The fraction of sp³-hybridized carbons (Fsp3) is 0.440. The Balaban J connectivity index is 1.50. The molecule has 6 heteroatoms. The number of nitrogens with two attached hydrogens (primary N) is 1. The molecule has 2 amide bonds. The molecule has 0 fully saturated rings. The molecule has 31 heavy (non-hydrogen) atoms. The standard InChI is InChI=1S/C25H33N3O3/c1-25(2,3)27-23(29)21(26)15-9-10-16-28(4)24(30)31-22-19-13-7-5-11-17(19)18-12-6-8-14-20(18)22/h5-8,11-14,21-22H,9-10,15-16,26H2,1-4H3,(H,27,29)/t21-/m0/s1. The first kappa shape index (κ1) is 22.8. The molecule has 0 bridgehead atoms. The molecule has 0 saturated carbocycles. The monoisotopic (exact) mass is 423 g/mol. The van der Waals surface area contributed by atoms with Gasteiger partial charge >= 0.3 is 6.09 Å².